The number of thioether (sulfide) groups is 1. The van der Waals surface area contributed by atoms with Crippen molar-refractivity contribution in [2.24, 2.45) is 5.73 Å². The van der Waals surface area contributed by atoms with Crippen LogP contribution in [0.4, 0.5) is 4.39 Å². The molecule has 3 nitrogen and oxygen atoms in total. The van der Waals surface area contributed by atoms with Crippen molar-refractivity contribution in [3.63, 3.8) is 0 Å². The number of methoxy groups -OCH3 is 1. The van der Waals surface area contributed by atoms with Gasteiger partial charge >= 0.3 is 5.97 Å². The first-order valence-electron chi connectivity index (χ1n) is 4.79. The summed E-state index contributed by atoms with van der Waals surface area (Å²) in [5.41, 5.74) is 6.59. The Morgan fingerprint density at radius 1 is 1.62 bits per heavy atom. The number of carbonyl (C=O) groups is 1. The van der Waals surface area contributed by atoms with Crippen LogP contribution in [0.1, 0.15) is 11.6 Å². The van der Waals surface area contributed by atoms with Gasteiger partial charge in [-0.05, 0) is 17.7 Å². The number of halogens is 1. The third-order valence-corrected chi connectivity index (χ3v) is 3.06. The van der Waals surface area contributed by atoms with E-state index < -0.39 is 0 Å². The average molecular weight is 243 g/mol. The molecular weight excluding hydrogens is 229 g/mol. The molecule has 1 aromatic rings. The lowest BCUT2D eigenvalue weighted by Gasteiger charge is -2.11. The van der Waals surface area contributed by atoms with E-state index in [1.54, 1.807) is 12.1 Å². The van der Waals surface area contributed by atoms with Gasteiger partial charge in [0.05, 0.1) is 12.9 Å². The highest BCUT2D eigenvalue weighted by Gasteiger charge is 2.08. The van der Waals surface area contributed by atoms with Crippen molar-refractivity contribution >= 4 is 17.7 Å². The normalized spacial score (nSPS) is 12.2. The fourth-order valence-corrected chi connectivity index (χ4v) is 2.01. The minimum absolute atomic E-state index is 0.263. The number of nitrogens with two attached hydrogens (primary N) is 1. The SMILES string of the molecule is COC(=O)CSCC(N)c1cccc(F)c1. The fourth-order valence-electron chi connectivity index (χ4n) is 1.16. The van der Waals surface area contributed by atoms with E-state index in [0.717, 1.165) is 5.56 Å². The number of benzene rings is 1. The first kappa shape index (κ1) is 13.0. The molecule has 0 aliphatic heterocycles. The molecule has 0 spiro atoms. The molecule has 0 saturated heterocycles. The second-order valence-corrected chi connectivity index (χ2v) is 4.28. The molecule has 0 amide bonds. The third-order valence-electron chi connectivity index (χ3n) is 2.02. The van der Waals surface area contributed by atoms with Gasteiger partial charge in [-0.2, -0.15) is 0 Å². The number of carbonyl (C=O) groups excluding carboxylic acids is 1. The Bertz CT molecular complexity index is 360. The molecule has 0 aromatic heterocycles. The van der Waals surface area contributed by atoms with E-state index in [4.69, 9.17) is 5.73 Å². The van der Waals surface area contributed by atoms with Crippen LogP contribution < -0.4 is 5.73 Å². The molecule has 0 radical (unpaired) electrons. The second-order valence-electron chi connectivity index (χ2n) is 3.25. The number of esters is 1. The summed E-state index contributed by atoms with van der Waals surface area (Å²) in [4.78, 5) is 10.8. The zero-order valence-corrected chi connectivity index (χ0v) is 9.80. The molecular formula is C11H14FNO2S. The first-order chi connectivity index (χ1) is 7.63. The van der Waals surface area contributed by atoms with Crippen molar-refractivity contribution in [2.75, 3.05) is 18.6 Å². The molecule has 0 aliphatic carbocycles. The molecule has 0 heterocycles. The van der Waals surface area contributed by atoms with Gasteiger partial charge in [0.25, 0.3) is 0 Å². The molecule has 1 aromatic carbocycles. The van der Waals surface area contributed by atoms with Crippen molar-refractivity contribution in [1.29, 1.82) is 0 Å². The quantitative estimate of drug-likeness (QED) is 0.800. The Morgan fingerprint density at radius 2 is 2.38 bits per heavy atom. The van der Waals surface area contributed by atoms with Crippen molar-refractivity contribution in [2.45, 2.75) is 6.04 Å². The van der Waals surface area contributed by atoms with Crippen molar-refractivity contribution < 1.29 is 13.9 Å². The zero-order valence-electron chi connectivity index (χ0n) is 8.98. The first-order valence-corrected chi connectivity index (χ1v) is 5.94. The van der Waals surface area contributed by atoms with Gasteiger partial charge in [-0.1, -0.05) is 12.1 Å². The van der Waals surface area contributed by atoms with Crippen molar-refractivity contribution in [1.82, 2.24) is 0 Å². The maximum atomic E-state index is 12.9. The predicted octanol–water partition coefficient (Wildman–Crippen LogP) is 1.73. The van der Waals surface area contributed by atoms with Crippen LogP contribution >= 0.6 is 11.8 Å². The van der Waals surface area contributed by atoms with Crippen LogP contribution in [0.25, 0.3) is 0 Å². The molecule has 1 rings (SSSR count). The topological polar surface area (TPSA) is 52.3 Å². The standard InChI is InChI=1S/C11H14FNO2S/c1-15-11(14)7-16-6-10(13)8-3-2-4-9(12)5-8/h2-5,10H,6-7,13H2,1H3. The number of ether oxygens (including phenoxy) is 1. The predicted molar refractivity (Wildman–Crippen MR) is 62.7 cm³/mol. The summed E-state index contributed by atoms with van der Waals surface area (Å²) in [6.45, 7) is 0. The van der Waals surface area contributed by atoms with Gasteiger partial charge < -0.3 is 10.5 Å². The monoisotopic (exact) mass is 243 g/mol. The Kier molecular flexibility index (Phi) is 5.28. The Labute approximate surface area is 98.2 Å². The molecule has 0 fully saturated rings. The van der Waals surface area contributed by atoms with Crippen LogP contribution in [-0.4, -0.2) is 24.6 Å². The number of hydrogen-bond donors (Lipinski definition) is 1. The molecule has 0 bridgehead atoms. The highest BCUT2D eigenvalue weighted by atomic mass is 32.2. The van der Waals surface area contributed by atoms with E-state index in [1.807, 2.05) is 0 Å². The largest absolute Gasteiger partial charge is 0.468 e. The van der Waals surface area contributed by atoms with Crippen molar-refractivity contribution in [3.8, 4) is 0 Å². The minimum Gasteiger partial charge on any atom is -0.468 e. The van der Waals surface area contributed by atoms with Crippen LogP contribution in [0.2, 0.25) is 0 Å². The summed E-state index contributed by atoms with van der Waals surface area (Å²) in [5.74, 6) is 0.236. The highest BCUT2D eigenvalue weighted by Crippen LogP contribution is 2.16. The summed E-state index contributed by atoms with van der Waals surface area (Å²) >= 11 is 1.37. The van der Waals surface area contributed by atoms with Gasteiger partial charge in [0.15, 0.2) is 0 Å². The molecule has 88 valence electrons. The van der Waals surface area contributed by atoms with Crippen LogP contribution in [0.15, 0.2) is 24.3 Å². The number of rotatable bonds is 5. The average Bonchev–Trinajstić information content (AvgIpc) is 2.28. The van der Waals surface area contributed by atoms with E-state index in [9.17, 15) is 9.18 Å². The van der Waals surface area contributed by atoms with Crippen LogP contribution in [0.5, 0.6) is 0 Å². The van der Waals surface area contributed by atoms with Gasteiger partial charge in [0.1, 0.15) is 5.82 Å². The maximum Gasteiger partial charge on any atom is 0.315 e. The van der Waals surface area contributed by atoms with Crippen LogP contribution in [-0.2, 0) is 9.53 Å². The van der Waals surface area contributed by atoms with E-state index in [-0.39, 0.29) is 23.6 Å². The molecule has 1 unspecified atom stereocenters. The zero-order chi connectivity index (χ0) is 12.0. The fraction of sp³-hybridized carbons (Fsp3) is 0.364. The number of hydrogen-bond acceptors (Lipinski definition) is 4. The van der Waals surface area contributed by atoms with Gasteiger partial charge in [0, 0.05) is 11.8 Å². The Morgan fingerprint density at radius 3 is 3.00 bits per heavy atom. The maximum absolute atomic E-state index is 12.9. The van der Waals surface area contributed by atoms with E-state index in [2.05, 4.69) is 4.74 Å². The van der Waals surface area contributed by atoms with Crippen LogP contribution in [0.3, 0.4) is 0 Å². The van der Waals surface area contributed by atoms with Gasteiger partial charge in [-0.3, -0.25) is 4.79 Å². The molecule has 1 atom stereocenters. The van der Waals surface area contributed by atoms with Gasteiger partial charge in [-0.15, -0.1) is 11.8 Å². The smallest absolute Gasteiger partial charge is 0.315 e. The molecule has 5 heteroatoms. The summed E-state index contributed by atoms with van der Waals surface area (Å²) in [7, 11) is 1.34. The lowest BCUT2D eigenvalue weighted by molar-refractivity contribution is -0.137. The lowest BCUT2D eigenvalue weighted by Crippen LogP contribution is -2.15. The highest BCUT2D eigenvalue weighted by molar-refractivity contribution is 7.99. The lowest BCUT2D eigenvalue weighted by atomic mass is 10.1. The molecule has 0 saturated carbocycles. The summed E-state index contributed by atoms with van der Waals surface area (Å²) in [6, 6.07) is 5.90. The molecule has 0 aliphatic rings. The van der Waals surface area contributed by atoms with Crippen molar-refractivity contribution in [3.05, 3.63) is 35.6 Å². The van der Waals surface area contributed by atoms with E-state index in [0.29, 0.717) is 5.75 Å². The summed E-state index contributed by atoms with van der Waals surface area (Å²) in [6.07, 6.45) is 0. The Balaban J connectivity index is 2.40. The van der Waals surface area contributed by atoms with Crippen LogP contribution in [0, 0.1) is 5.82 Å². The molecule has 2 N–H and O–H groups in total. The Hall–Kier alpha value is -1.07. The van der Waals surface area contributed by atoms with E-state index in [1.165, 1.54) is 31.0 Å². The van der Waals surface area contributed by atoms with E-state index >= 15 is 0 Å². The summed E-state index contributed by atoms with van der Waals surface area (Å²) < 4.78 is 17.4. The van der Waals surface area contributed by atoms with Gasteiger partial charge in [0.2, 0.25) is 0 Å². The third kappa shape index (κ3) is 4.20. The summed E-state index contributed by atoms with van der Waals surface area (Å²) in [5, 5.41) is 0. The molecule has 16 heavy (non-hydrogen) atoms. The minimum atomic E-state index is -0.300. The van der Waals surface area contributed by atoms with Gasteiger partial charge in [-0.25, -0.2) is 4.39 Å². The second kappa shape index (κ2) is 6.50.